The van der Waals surface area contributed by atoms with E-state index in [9.17, 15) is 9.90 Å². The lowest BCUT2D eigenvalue weighted by Gasteiger charge is -2.11. The number of phenolic OH excluding ortho intramolecular Hbond substituents is 1. The van der Waals surface area contributed by atoms with E-state index in [2.05, 4.69) is 16.9 Å². The van der Waals surface area contributed by atoms with Crippen LogP contribution in [0.4, 0.5) is 0 Å². The second-order valence-corrected chi connectivity index (χ2v) is 6.76. The molecule has 0 aliphatic rings. The molecule has 0 atom stereocenters. The lowest BCUT2D eigenvalue weighted by Crippen LogP contribution is -2.13. The Kier molecular flexibility index (Phi) is 6.55. The Morgan fingerprint density at radius 1 is 1.44 bits per heavy atom. The van der Waals surface area contributed by atoms with E-state index in [4.69, 9.17) is 9.84 Å². The molecule has 3 N–H and O–H groups in total. The van der Waals surface area contributed by atoms with Gasteiger partial charge in [0.1, 0.15) is 5.01 Å². The van der Waals surface area contributed by atoms with Crippen LogP contribution in [0.1, 0.15) is 26.7 Å². The molecule has 7 heteroatoms. The Balaban J connectivity index is 2.03. The van der Waals surface area contributed by atoms with Gasteiger partial charge in [-0.15, -0.1) is 17.9 Å². The van der Waals surface area contributed by atoms with Crippen molar-refractivity contribution in [1.82, 2.24) is 10.3 Å². The SMILES string of the molecule is C=CCc1cc(CNCc2nc(C)c(CC(=O)O)s2)cc(OC)c1O. The summed E-state index contributed by atoms with van der Waals surface area (Å²) in [7, 11) is 1.52. The molecule has 2 rings (SSSR count). The van der Waals surface area contributed by atoms with Crippen LogP contribution in [0.5, 0.6) is 11.5 Å². The molecule has 25 heavy (non-hydrogen) atoms. The molecule has 0 spiro atoms. The van der Waals surface area contributed by atoms with Crippen LogP contribution in [-0.4, -0.2) is 28.3 Å². The maximum absolute atomic E-state index is 10.8. The van der Waals surface area contributed by atoms with Gasteiger partial charge in [0.2, 0.25) is 0 Å². The first kappa shape index (κ1) is 19.0. The lowest BCUT2D eigenvalue weighted by atomic mass is 10.1. The zero-order valence-electron chi connectivity index (χ0n) is 14.3. The van der Waals surface area contributed by atoms with Crippen molar-refractivity contribution >= 4 is 17.3 Å². The second-order valence-electron chi connectivity index (χ2n) is 5.59. The molecule has 1 heterocycles. The highest BCUT2D eigenvalue weighted by atomic mass is 32.1. The number of ether oxygens (including phenoxy) is 1. The Hall–Kier alpha value is -2.38. The molecular weight excluding hydrogens is 340 g/mol. The number of phenols is 1. The number of carbonyl (C=O) groups is 1. The van der Waals surface area contributed by atoms with Gasteiger partial charge in [0, 0.05) is 23.5 Å². The van der Waals surface area contributed by atoms with Crippen LogP contribution < -0.4 is 10.1 Å². The van der Waals surface area contributed by atoms with Crippen LogP contribution in [0.2, 0.25) is 0 Å². The Morgan fingerprint density at radius 2 is 2.20 bits per heavy atom. The second kappa shape index (κ2) is 8.64. The molecule has 0 saturated heterocycles. The third kappa shape index (κ3) is 5.04. The van der Waals surface area contributed by atoms with E-state index in [0.717, 1.165) is 26.7 Å². The molecule has 0 amide bonds. The van der Waals surface area contributed by atoms with E-state index in [-0.39, 0.29) is 12.2 Å². The smallest absolute Gasteiger partial charge is 0.308 e. The summed E-state index contributed by atoms with van der Waals surface area (Å²) in [6.07, 6.45) is 2.29. The maximum Gasteiger partial charge on any atom is 0.308 e. The van der Waals surface area contributed by atoms with Crippen molar-refractivity contribution in [3.8, 4) is 11.5 Å². The zero-order chi connectivity index (χ0) is 18.4. The molecule has 1 aromatic heterocycles. The van der Waals surface area contributed by atoms with Crippen molar-refractivity contribution in [3.63, 3.8) is 0 Å². The van der Waals surface area contributed by atoms with Gasteiger partial charge in [-0.1, -0.05) is 12.1 Å². The number of aliphatic carboxylic acids is 1. The number of aromatic nitrogens is 1. The molecule has 134 valence electrons. The number of rotatable bonds is 9. The average molecular weight is 362 g/mol. The molecule has 6 nitrogen and oxygen atoms in total. The number of nitrogens with zero attached hydrogens (tertiary/aromatic N) is 1. The van der Waals surface area contributed by atoms with Gasteiger partial charge in [-0.25, -0.2) is 4.98 Å². The van der Waals surface area contributed by atoms with Gasteiger partial charge in [-0.3, -0.25) is 4.79 Å². The molecule has 0 unspecified atom stereocenters. The Labute approximate surface area is 150 Å². The van der Waals surface area contributed by atoms with Crippen LogP contribution in [0.15, 0.2) is 24.8 Å². The molecule has 0 saturated carbocycles. The van der Waals surface area contributed by atoms with Crippen LogP contribution in [-0.2, 0) is 30.7 Å². The topological polar surface area (TPSA) is 91.7 Å². The van der Waals surface area contributed by atoms with Crippen LogP contribution in [0, 0.1) is 6.92 Å². The van der Waals surface area contributed by atoms with E-state index in [1.54, 1.807) is 12.1 Å². The monoisotopic (exact) mass is 362 g/mol. The van der Waals surface area contributed by atoms with Gasteiger partial charge < -0.3 is 20.3 Å². The largest absolute Gasteiger partial charge is 0.504 e. The number of allylic oxidation sites excluding steroid dienone is 1. The Bertz CT molecular complexity index is 771. The predicted octanol–water partition coefficient (Wildman–Crippen LogP) is 2.81. The van der Waals surface area contributed by atoms with Crippen molar-refractivity contribution in [2.45, 2.75) is 32.9 Å². The minimum Gasteiger partial charge on any atom is -0.504 e. The summed E-state index contributed by atoms with van der Waals surface area (Å²) >= 11 is 1.41. The molecule has 0 bridgehead atoms. The molecular formula is C18H22N2O4S. The summed E-state index contributed by atoms with van der Waals surface area (Å²) in [5, 5.41) is 23.1. The maximum atomic E-state index is 10.8. The molecule has 0 aliphatic carbocycles. The summed E-state index contributed by atoms with van der Waals surface area (Å²) in [5.74, 6) is -0.276. The number of nitrogens with one attached hydrogen (secondary N) is 1. The molecule has 0 aliphatic heterocycles. The quantitative estimate of drug-likeness (QED) is 0.594. The average Bonchev–Trinajstić information content (AvgIpc) is 2.89. The highest BCUT2D eigenvalue weighted by molar-refractivity contribution is 7.11. The van der Waals surface area contributed by atoms with E-state index in [0.29, 0.717) is 25.3 Å². The summed E-state index contributed by atoms with van der Waals surface area (Å²) in [4.78, 5) is 16.0. The van der Waals surface area contributed by atoms with Gasteiger partial charge in [0.15, 0.2) is 11.5 Å². The standard InChI is InChI=1S/C18H22N2O4S/c1-4-5-13-6-12(7-14(24-3)18(13)23)9-19-10-16-20-11(2)15(25-16)8-17(21)22/h4,6-7,19,23H,1,5,8-10H2,2-3H3,(H,21,22). The van der Waals surface area contributed by atoms with Crippen LogP contribution in [0.3, 0.4) is 0 Å². The fraction of sp³-hybridized carbons (Fsp3) is 0.333. The highest BCUT2D eigenvalue weighted by Gasteiger charge is 2.12. The number of carboxylic acids is 1. The van der Waals surface area contributed by atoms with Crippen molar-refractivity contribution in [2.24, 2.45) is 0 Å². The molecule has 0 radical (unpaired) electrons. The van der Waals surface area contributed by atoms with Gasteiger partial charge >= 0.3 is 5.97 Å². The van der Waals surface area contributed by atoms with Gasteiger partial charge in [-0.2, -0.15) is 0 Å². The number of aromatic hydroxyl groups is 1. The number of carboxylic acid groups (broad SMARTS) is 1. The van der Waals surface area contributed by atoms with Crippen LogP contribution in [0.25, 0.3) is 0 Å². The van der Waals surface area contributed by atoms with E-state index in [1.807, 2.05) is 13.0 Å². The van der Waals surface area contributed by atoms with Crippen molar-refractivity contribution in [1.29, 1.82) is 0 Å². The molecule has 2 aromatic rings. The summed E-state index contributed by atoms with van der Waals surface area (Å²) in [6.45, 7) is 6.65. The van der Waals surface area contributed by atoms with Gasteiger partial charge in [0.05, 0.1) is 19.2 Å². The normalized spacial score (nSPS) is 10.6. The highest BCUT2D eigenvalue weighted by Crippen LogP contribution is 2.32. The van der Waals surface area contributed by atoms with Crippen LogP contribution >= 0.6 is 11.3 Å². The fourth-order valence-corrected chi connectivity index (χ4v) is 3.51. The first-order valence-electron chi connectivity index (χ1n) is 7.82. The summed E-state index contributed by atoms with van der Waals surface area (Å²) in [6, 6.07) is 3.70. The predicted molar refractivity (Wildman–Crippen MR) is 97.3 cm³/mol. The number of methoxy groups -OCH3 is 1. The lowest BCUT2D eigenvalue weighted by molar-refractivity contribution is -0.136. The Morgan fingerprint density at radius 3 is 2.84 bits per heavy atom. The minimum absolute atomic E-state index is 0.00355. The van der Waals surface area contributed by atoms with E-state index >= 15 is 0 Å². The first-order chi connectivity index (χ1) is 11.9. The van der Waals surface area contributed by atoms with Crippen molar-refractivity contribution in [3.05, 3.63) is 51.5 Å². The first-order valence-corrected chi connectivity index (χ1v) is 8.63. The molecule has 0 fully saturated rings. The van der Waals surface area contributed by atoms with Gasteiger partial charge in [0.25, 0.3) is 0 Å². The summed E-state index contributed by atoms with van der Waals surface area (Å²) in [5.41, 5.74) is 2.51. The number of benzene rings is 1. The van der Waals surface area contributed by atoms with E-state index < -0.39 is 5.97 Å². The number of hydrogen-bond acceptors (Lipinski definition) is 6. The third-order valence-electron chi connectivity index (χ3n) is 3.65. The zero-order valence-corrected chi connectivity index (χ0v) is 15.2. The van der Waals surface area contributed by atoms with E-state index in [1.165, 1.54) is 18.4 Å². The van der Waals surface area contributed by atoms with Gasteiger partial charge in [-0.05, 0) is 25.0 Å². The van der Waals surface area contributed by atoms with Crippen molar-refractivity contribution < 1.29 is 19.7 Å². The number of aryl methyl sites for hydroxylation is 1. The minimum atomic E-state index is -0.850. The third-order valence-corrected chi connectivity index (χ3v) is 4.81. The number of thiazole rings is 1. The fourth-order valence-electron chi connectivity index (χ4n) is 2.48. The molecule has 1 aromatic carbocycles. The van der Waals surface area contributed by atoms with Crippen molar-refractivity contribution in [2.75, 3.05) is 7.11 Å². The summed E-state index contributed by atoms with van der Waals surface area (Å²) < 4.78 is 5.22. The number of hydrogen-bond donors (Lipinski definition) is 3.